The summed E-state index contributed by atoms with van der Waals surface area (Å²) in [5, 5.41) is 11.8. The van der Waals surface area contributed by atoms with Crippen LogP contribution in [-0.4, -0.2) is 37.7 Å². The van der Waals surface area contributed by atoms with Crippen LogP contribution in [0.15, 0.2) is 85.2 Å². The Morgan fingerprint density at radius 3 is 2.32 bits per heavy atom. The molecular formula is C31H31N3O3. The van der Waals surface area contributed by atoms with E-state index in [2.05, 4.69) is 28.6 Å². The molecule has 6 nitrogen and oxygen atoms in total. The van der Waals surface area contributed by atoms with Gasteiger partial charge >= 0.3 is 0 Å². The quantitative estimate of drug-likeness (QED) is 0.250. The Morgan fingerprint density at radius 1 is 1.00 bits per heavy atom. The Balaban J connectivity index is 1.38. The molecule has 0 radical (unpaired) electrons. The summed E-state index contributed by atoms with van der Waals surface area (Å²) in [6.45, 7) is 6.87. The van der Waals surface area contributed by atoms with Gasteiger partial charge in [0, 0.05) is 39.8 Å². The first kappa shape index (κ1) is 24.5. The van der Waals surface area contributed by atoms with Gasteiger partial charge in [-0.15, -0.1) is 0 Å². The van der Waals surface area contributed by atoms with E-state index in [1.165, 1.54) is 0 Å². The number of aliphatic hydroxyl groups excluding tert-OH is 1. The van der Waals surface area contributed by atoms with E-state index in [1.807, 2.05) is 78.2 Å². The topological polar surface area (TPSA) is 69.3 Å². The van der Waals surface area contributed by atoms with Crippen LogP contribution in [0.3, 0.4) is 0 Å². The van der Waals surface area contributed by atoms with Crippen LogP contribution in [0.4, 0.5) is 0 Å². The van der Waals surface area contributed by atoms with Crippen LogP contribution in [0, 0.1) is 6.92 Å². The summed E-state index contributed by atoms with van der Waals surface area (Å²) in [6, 6.07) is 25.9. The fourth-order valence-corrected chi connectivity index (χ4v) is 5.10. The molecular weight excluding hydrogens is 462 g/mol. The van der Waals surface area contributed by atoms with Crippen LogP contribution in [0.5, 0.6) is 5.75 Å². The Bertz CT molecular complexity index is 1530. The molecule has 0 aliphatic rings. The molecule has 2 heterocycles. The maximum atomic E-state index is 12.3. The van der Waals surface area contributed by atoms with Crippen molar-refractivity contribution in [3.8, 4) is 28.3 Å². The Morgan fingerprint density at radius 2 is 1.68 bits per heavy atom. The number of ether oxygens (including phenoxy) is 1. The van der Waals surface area contributed by atoms with E-state index in [0.29, 0.717) is 12.3 Å². The standard InChI is InChI=1S/C31H31N3O3/c1-4-34-21(2)29(22(3)35)27-17-26(15-16-28(27)34)37-19-25(36)18-33-20-32-30(23-11-7-5-8-12-23)31(33)24-13-9-6-10-14-24/h5-17,20,25,36H,4,18-19H2,1-3H3/t25-/m0/s1. The van der Waals surface area contributed by atoms with E-state index in [-0.39, 0.29) is 12.4 Å². The number of carbonyl (C=O) groups is 1. The molecule has 3 aromatic carbocycles. The van der Waals surface area contributed by atoms with E-state index in [9.17, 15) is 9.90 Å². The van der Waals surface area contributed by atoms with Gasteiger partial charge in [-0.25, -0.2) is 4.98 Å². The highest BCUT2D eigenvalue weighted by molar-refractivity contribution is 6.08. The summed E-state index contributed by atoms with van der Waals surface area (Å²) >= 11 is 0. The zero-order chi connectivity index (χ0) is 25.9. The molecule has 1 atom stereocenters. The first-order valence-corrected chi connectivity index (χ1v) is 12.6. The second-order valence-electron chi connectivity index (χ2n) is 9.23. The molecule has 6 heteroatoms. The number of imidazole rings is 1. The maximum Gasteiger partial charge on any atom is 0.162 e. The number of Topliss-reactive ketones (excluding diaryl/α,β-unsaturated/α-hetero) is 1. The van der Waals surface area contributed by atoms with Crippen molar-refractivity contribution in [1.82, 2.24) is 14.1 Å². The van der Waals surface area contributed by atoms with E-state index in [4.69, 9.17) is 4.74 Å². The van der Waals surface area contributed by atoms with Gasteiger partial charge in [-0.2, -0.15) is 0 Å². The van der Waals surface area contributed by atoms with Gasteiger partial charge in [-0.05, 0) is 39.0 Å². The van der Waals surface area contributed by atoms with Gasteiger partial charge in [0.25, 0.3) is 0 Å². The first-order chi connectivity index (χ1) is 18.0. The van der Waals surface area contributed by atoms with Gasteiger partial charge in [0.05, 0.1) is 24.3 Å². The molecule has 0 fully saturated rings. The number of hydrogen-bond acceptors (Lipinski definition) is 4. The zero-order valence-electron chi connectivity index (χ0n) is 21.4. The van der Waals surface area contributed by atoms with Crippen molar-refractivity contribution in [2.24, 2.45) is 0 Å². The van der Waals surface area contributed by atoms with Crippen LogP contribution < -0.4 is 4.74 Å². The number of fused-ring (bicyclic) bond motifs is 1. The first-order valence-electron chi connectivity index (χ1n) is 12.6. The van der Waals surface area contributed by atoms with Gasteiger partial charge in [0.15, 0.2) is 5.78 Å². The Hall–Kier alpha value is -4.16. The number of hydrogen-bond donors (Lipinski definition) is 1. The minimum atomic E-state index is -0.759. The summed E-state index contributed by atoms with van der Waals surface area (Å²) < 4.78 is 10.1. The number of ketones is 1. The largest absolute Gasteiger partial charge is 0.491 e. The zero-order valence-corrected chi connectivity index (χ0v) is 21.4. The van der Waals surface area contributed by atoms with Gasteiger partial charge in [-0.3, -0.25) is 4.79 Å². The number of nitrogens with zero attached hydrogens (tertiary/aromatic N) is 3. The number of benzene rings is 3. The van der Waals surface area contributed by atoms with E-state index in [0.717, 1.165) is 51.2 Å². The number of carbonyl (C=O) groups excluding carboxylic acids is 1. The molecule has 0 aliphatic carbocycles. The normalized spacial score (nSPS) is 12.1. The van der Waals surface area contributed by atoms with Gasteiger partial charge in [0.1, 0.15) is 18.5 Å². The second kappa shape index (κ2) is 10.4. The van der Waals surface area contributed by atoms with E-state index < -0.39 is 6.10 Å². The smallest absolute Gasteiger partial charge is 0.162 e. The van der Waals surface area contributed by atoms with Gasteiger partial charge in [0.2, 0.25) is 0 Å². The average molecular weight is 494 g/mol. The monoisotopic (exact) mass is 493 g/mol. The van der Waals surface area contributed by atoms with Crippen molar-refractivity contribution in [1.29, 1.82) is 0 Å². The van der Waals surface area contributed by atoms with Crippen molar-refractivity contribution in [2.75, 3.05) is 6.61 Å². The highest BCUT2D eigenvalue weighted by atomic mass is 16.5. The lowest BCUT2D eigenvalue weighted by Crippen LogP contribution is -2.23. The highest BCUT2D eigenvalue weighted by Crippen LogP contribution is 2.32. The molecule has 0 unspecified atom stereocenters. The highest BCUT2D eigenvalue weighted by Gasteiger charge is 2.19. The molecule has 0 aliphatic heterocycles. The molecule has 1 N–H and O–H groups in total. The lowest BCUT2D eigenvalue weighted by molar-refractivity contribution is 0.0929. The molecule has 188 valence electrons. The van der Waals surface area contributed by atoms with Crippen molar-refractivity contribution in [2.45, 2.75) is 40.0 Å². The van der Waals surface area contributed by atoms with Crippen LogP contribution in [-0.2, 0) is 13.1 Å². The van der Waals surface area contributed by atoms with Crippen molar-refractivity contribution < 1.29 is 14.6 Å². The number of rotatable bonds is 9. The molecule has 0 saturated carbocycles. The number of aliphatic hydroxyl groups is 1. The molecule has 0 amide bonds. The molecule has 0 bridgehead atoms. The van der Waals surface area contributed by atoms with Crippen LogP contribution in [0.1, 0.15) is 29.9 Å². The van der Waals surface area contributed by atoms with Gasteiger partial charge < -0.3 is 19.0 Å². The SMILES string of the molecule is CCn1c(C)c(C(C)=O)c2cc(OC[C@@H](O)Cn3cnc(-c4ccccc4)c3-c3ccccc3)ccc21. The fourth-order valence-electron chi connectivity index (χ4n) is 5.10. The summed E-state index contributed by atoms with van der Waals surface area (Å²) in [5.74, 6) is 0.663. The minimum absolute atomic E-state index is 0.0367. The molecule has 37 heavy (non-hydrogen) atoms. The van der Waals surface area contributed by atoms with E-state index in [1.54, 1.807) is 13.3 Å². The molecule has 0 saturated heterocycles. The third-order valence-corrected chi connectivity index (χ3v) is 6.75. The van der Waals surface area contributed by atoms with Crippen LogP contribution in [0.25, 0.3) is 33.4 Å². The Labute approximate surface area is 216 Å². The second-order valence-corrected chi connectivity index (χ2v) is 9.23. The Kier molecular flexibility index (Phi) is 6.93. The van der Waals surface area contributed by atoms with Crippen molar-refractivity contribution in [3.05, 3.63) is 96.4 Å². The molecule has 2 aromatic heterocycles. The molecule has 5 aromatic rings. The molecule has 0 spiro atoms. The van der Waals surface area contributed by atoms with E-state index >= 15 is 0 Å². The summed E-state index contributed by atoms with van der Waals surface area (Å²) in [4.78, 5) is 17.0. The lowest BCUT2D eigenvalue weighted by Gasteiger charge is -2.16. The summed E-state index contributed by atoms with van der Waals surface area (Å²) in [5.41, 5.74) is 6.58. The number of aryl methyl sites for hydroxylation is 1. The predicted molar refractivity (Wildman–Crippen MR) is 147 cm³/mol. The van der Waals surface area contributed by atoms with Crippen molar-refractivity contribution in [3.63, 3.8) is 0 Å². The third kappa shape index (κ3) is 4.80. The van der Waals surface area contributed by atoms with Crippen LogP contribution >= 0.6 is 0 Å². The third-order valence-electron chi connectivity index (χ3n) is 6.75. The fraction of sp³-hybridized carbons (Fsp3) is 0.226. The number of aromatic nitrogens is 3. The maximum absolute atomic E-state index is 12.3. The van der Waals surface area contributed by atoms with Crippen molar-refractivity contribution >= 4 is 16.7 Å². The summed E-state index contributed by atoms with van der Waals surface area (Å²) in [6.07, 6.45) is 1.01. The van der Waals surface area contributed by atoms with Crippen LogP contribution in [0.2, 0.25) is 0 Å². The average Bonchev–Trinajstić information content (AvgIpc) is 3.45. The lowest BCUT2D eigenvalue weighted by atomic mass is 10.0. The summed E-state index contributed by atoms with van der Waals surface area (Å²) in [7, 11) is 0. The van der Waals surface area contributed by atoms with Gasteiger partial charge in [-0.1, -0.05) is 60.7 Å². The molecule has 5 rings (SSSR count). The predicted octanol–water partition coefficient (Wildman–Crippen LogP) is 6.14. The minimum Gasteiger partial charge on any atom is -0.491 e.